The number of hydrogen-bond donors (Lipinski definition) is 0. The van der Waals surface area contributed by atoms with Crippen molar-refractivity contribution in [2.75, 3.05) is 13.1 Å². The van der Waals surface area contributed by atoms with Crippen molar-refractivity contribution in [1.82, 2.24) is 9.88 Å². The molecule has 1 amide bonds. The van der Waals surface area contributed by atoms with Crippen molar-refractivity contribution in [2.45, 2.75) is 26.7 Å². The lowest BCUT2D eigenvalue weighted by atomic mass is 10.1. The molecule has 0 radical (unpaired) electrons. The molecule has 15 heavy (non-hydrogen) atoms. The van der Waals surface area contributed by atoms with Gasteiger partial charge >= 0.3 is 0 Å². The van der Waals surface area contributed by atoms with E-state index in [2.05, 4.69) is 4.98 Å². The number of pyridine rings is 1. The molecular weight excluding hydrogens is 188 g/mol. The van der Waals surface area contributed by atoms with Gasteiger partial charge in [-0.15, -0.1) is 0 Å². The van der Waals surface area contributed by atoms with Crippen LogP contribution in [0.2, 0.25) is 0 Å². The summed E-state index contributed by atoms with van der Waals surface area (Å²) in [5.74, 6) is 0.226. The minimum Gasteiger partial charge on any atom is -0.343 e. The second-order valence-corrected chi connectivity index (χ2v) is 3.43. The zero-order chi connectivity index (χ0) is 11.1. The summed E-state index contributed by atoms with van der Waals surface area (Å²) in [6, 6.07) is 3.90. The third-order valence-corrected chi connectivity index (χ3v) is 2.47. The smallest absolute Gasteiger partial charge is 0.222 e. The molecular formula is C12H18N2O. The average molecular weight is 206 g/mol. The molecule has 1 aromatic heterocycles. The summed E-state index contributed by atoms with van der Waals surface area (Å²) in [7, 11) is 0. The van der Waals surface area contributed by atoms with E-state index in [1.54, 1.807) is 6.20 Å². The number of amides is 1. The minimum absolute atomic E-state index is 0.226. The number of carbonyl (C=O) groups excluding carboxylic acids is 1. The number of aromatic nitrogens is 1. The van der Waals surface area contributed by atoms with Crippen LogP contribution in [0.1, 0.15) is 25.8 Å². The van der Waals surface area contributed by atoms with Gasteiger partial charge in [-0.3, -0.25) is 9.78 Å². The number of aryl methyl sites for hydroxylation is 1. The van der Waals surface area contributed by atoms with E-state index >= 15 is 0 Å². The fraction of sp³-hybridized carbons (Fsp3) is 0.500. The summed E-state index contributed by atoms with van der Waals surface area (Å²) in [6.45, 7) is 5.60. The van der Waals surface area contributed by atoms with Crippen LogP contribution in [0, 0.1) is 0 Å². The second kappa shape index (κ2) is 6.17. The molecule has 0 saturated heterocycles. The molecule has 0 spiro atoms. The van der Waals surface area contributed by atoms with Crippen LogP contribution in [0.5, 0.6) is 0 Å². The van der Waals surface area contributed by atoms with Gasteiger partial charge in [0.05, 0.1) is 0 Å². The second-order valence-electron chi connectivity index (χ2n) is 3.43. The number of carbonyl (C=O) groups is 1. The molecule has 0 aliphatic rings. The summed E-state index contributed by atoms with van der Waals surface area (Å²) >= 11 is 0. The first-order valence-corrected chi connectivity index (χ1v) is 5.44. The molecule has 0 bridgehead atoms. The molecule has 1 aromatic rings. The van der Waals surface area contributed by atoms with Crippen molar-refractivity contribution in [3.05, 3.63) is 30.1 Å². The fourth-order valence-corrected chi connectivity index (χ4v) is 1.53. The Labute approximate surface area is 91.1 Å². The first-order valence-electron chi connectivity index (χ1n) is 5.44. The fourth-order valence-electron chi connectivity index (χ4n) is 1.53. The summed E-state index contributed by atoms with van der Waals surface area (Å²) in [5, 5.41) is 0. The van der Waals surface area contributed by atoms with Crippen LogP contribution < -0.4 is 0 Å². The van der Waals surface area contributed by atoms with Crippen molar-refractivity contribution < 1.29 is 4.79 Å². The molecule has 0 unspecified atom stereocenters. The maximum absolute atomic E-state index is 11.7. The van der Waals surface area contributed by atoms with Gasteiger partial charge in [0.25, 0.3) is 0 Å². The minimum atomic E-state index is 0.226. The Balaban J connectivity index is 2.40. The average Bonchev–Trinajstić information content (AvgIpc) is 2.29. The van der Waals surface area contributed by atoms with E-state index in [0.717, 1.165) is 25.1 Å². The van der Waals surface area contributed by atoms with Crippen LogP contribution in [-0.4, -0.2) is 28.9 Å². The summed E-state index contributed by atoms with van der Waals surface area (Å²) in [4.78, 5) is 17.6. The van der Waals surface area contributed by atoms with E-state index in [-0.39, 0.29) is 5.91 Å². The molecule has 0 atom stereocenters. The monoisotopic (exact) mass is 206 g/mol. The number of rotatable bonds is 5. The number of nitrogens with zero attached hydrogens (tertiary/aromatic N) is 2. The van der Waals surface area contributed by atoms with Gasteiger partial charge < -0.3 is 4.90 Å². The zero-order valence-corrected chi connectivity index (χ0v) is 9.44. The molecule has 0 aromatic carbocycles. The van der Waals surface area contributed by atoms with Crippen molar-refractivity contribution in [3.63, 3.8) is 0 Å². The molecule has 0 fully saturated rings. The predicted octanol–water partition coefficient (Wildman–Crippen LogP) is 1.88. The first-order chi connectivity index (χ1) is 7.27. The van der Waals surface area contributed by atoms with E-state index < -0.39 is 0 Å². The lowest BCUT2D eigenvalue weighted by Crippen LogP contribution is -2.30. The van der Waals surface area contributed by atoms with E-state index in [9.17, 15) is 4.79 Å². The van der Waals surface area contributed by atoms with Crippen LogP contribution >= 0.6 is 0 Å². The standard InChI is InChI=1S/C12H18N2O/c1-3-14(4-2)12(15)8-7-11-6-5-9-13-10-11/h5-6,9-10H,3-4,7-8H2,1-2H3. The molecule has 82 valence electrons. The van der Waals surface area contributed by atoms with E-state index in [0.29, 0.717) is 6.42 Å². The largest absolute Gasteiger partial charge is 0.343 e. The van der Waals surface area contributed by atoms with Gasteiger partial charge in [0.1, 0.15) is 0 Å². The molecule has 0 aliphatic carbocycles. The summed E-state index contributed by atoms with van der Waals surface area (Å²) < 4.78 is 0. The molecule has 0 aliphatic heterocycles. The molecule has 1 rings (SSSR count). The Morgan fingerprint density at radius 3 is 2.67 bits per heavy atom. The molecule has 3 nitrogen and oxygen atoms in total. The maximum atomic E-state index is 11.7. The highest BCUT2D eigenvalue weighted by molar-refractivity contribution is 5.76. The lowest BCUT2D eigenvalue weighted by molar-refractivity contribution is -0.130. The summed E-state index contributed by atoms with van der Waals surface area (Å²) in [5.41, 5.74) is 1.12. The highest BCUT2D eigenvalue weighted by Gasteiger charge is 2.08. The third kappa shape index (κ3) is 3.70. The highest BCUT2D eigenvalue weighted by Crippen LogP contribution is 2.03. The highest BCUT2D eigenvalue weighted by atomic mass is 16.2. The zero-order valence-electron chi connectivity index (χ0n) is 9.44. The van der Waals surface area contributed by atoms with E-state index in [1.807, 2.05) is 37.1 Å². The van der Waals surface area contributed by atoms with E-state index in [4.69, 9.17) is 0 Å². The van der Waals surface area contributed by atoms with E-state index in [1.165, 1.54) is 0 Å². The SMILES string of the molecule is CCN(CC)C(=O)CCc1cccnc1. The van der Waals surface area contributed by atoms with Gasteiger partial charge in [-0.05, 0) is 31.9 Å². The Kier molecular flexibility index (Phi) is 4.81. The van der Waals surface area contributed by atoms with Crippen LogP contribution in [0.15, 0.2) is 24.5 Å². The van der Waals surface area contributed by atoms with Gasteiger partial charge in [-0.1, -0.05) is 6.07 Å². The van der Waals surface area contributed by atoms with Gasteiger partial charge in [-0.2, -0.15) is 0 Å². The van der Waals surface area contributed by atoms with Crippen LogP contribution in [0.3, 0.4) is 0 Å². The van der Waals surface area contributed by atoms with Gasteiger partial charge in [-0.25, -0.2) is 0 Å². The van der Waals surface area contributed by atoms with Crippen molar-refractivity contribution in [1.29, 1.82) is 0 Å². The Hall–Kier alpha value is -1.38. The van der Waals surface area contributed by atoms with Crippen LogP contribution in [-0.2, 0) is 11.2 Å². The molecule has 3 heteroatoms. The van der Waals surface area contributed by atoms with Crippen LogP contribution in [0.25, 0.3) is 0 Å². The molecule has 1 heterocycles. The van der Waals surface area contributed by atoms with Crippen molar-refractivity contribution in [3.8, 4) is 0 Å². The molecule has 0 N–H and O–H groups in total. The van der Waals surface area contributed by atoms with Crippen molar-refractivity contribution in [2.24, 2.45) is 0 Å². The molecule has 0 saturated carbocycles. The quantitative estimate of drug-likeness (QED) is 0.737. The van der Waals surface area contributed by atoms with Crippen LogP contribution in [0.4, 0.5) is 0 Å². The van der Waals surface area contributed by atoms with Gasteiger partial charge in [0.15, 0.2) is 0 Å². The number of hydrogen-bond acceptors (Lipinski definition) is 2. The first kappa shape index (κ1) is 11.7. The predicted molar refractivity (Wildman–Crippen MR) is 60.5 cm³/mol. The Morgan fingerprint density at radius 2 is 2.13 bits per heavy atom. The van der Waals surface area contributed by atoms with Crippen molar-refractivity contribution >= 4 is 5.91 Å². The topological polar surface area (TPSA) is 33.2 Å². The normalized spacial score (nSPS) is 10.0. The Morgan fingerprint density at radius 1 is 1.40 bits per heavy atom. The third-order valence-electron chi connectivity index (χ3n) is 2.47. The summed E-state index contributed by atoms with van der Waals surface area (Å²) in [6.07, 6.45) is 4.92. The lowest BCUT2D eigenvalue weighted by Gasteiger charge is -2.18. The van der Waals surface area contributed by atoms with Gasteiger partial charge in [0, 0.05) is 31.9 Å². The Bertz CT molecular complexity index is 294. The maximum Gasteiger partial charge on any atom is 0.222 e. The van der Waals surface area contributed by atoms with Gasteiger partial charge in [0.2, 0.25) is 5.91 Å².